The zero-order valence-electron chi connectivity index (χ0n) is 10.2. The van der Waals surface area contributed by atoms with Crippen LogP contribution in [-0.4, -0.2) is 46.0 Å². The zero-order chi connectivity index (χ0) is 14.8. The molecular formula is C9H13NO6S3. The first-order valence-corrected chi connectivity index (χ1v) is 9.46. The van der Waals surface area contributed by atoms with Crippen molar-refractivity contribution in [3.8, 4) is 0 Å². The van der Waals surface area contributed by atoms with Gasteiger partial charge in [0, 0.05) is 12.3 Å². The van der Waals surface area contributed by atoms with E-state index in [1.807, 2.05) is 0 Å². The summed E-state index contributed by atoms with van der Waals surface area (Å²) in [6.45, 7) is 1.39. The first-order valence-electron chi connectivity index (χ1n) is 5.04. The number of rotatable bonds is 6. The van der Waals surface area contributed by atoms with E-state index in [-0.39, 0.29) is 15.5 Å². The van der Waals surface area contributed by atoms with Crippen molar-refractivity contribution in [1.82, 2.24) is 4.72 Å². The molecule has 19 heavy (non-hydrogen) atoms. The Hall–Kier alpha value is -0.970. The highest BCUT2D eigenvalue weighted by Gasteiger charge is 2.26. The Bertz CT molecular complexity index is 673. The van der Waals surface area contributed by atoms with Crippen molar-refractivity contribution in [2.24, 2.45) is 0 Å². The molecule has 0 radical (unpaired) electrons. The second kappa shape index (κ2) is 5.57. The fourth-order valence-corrected chi connectivity index (χ4v) is 5.08. The summed E-state index contributed by atoms with van der Waals surface area (Å²) in [5.74, 6) is -1.70. The Kier molecular flexibility index (Phi) is 4.72. The van der Waals surface area contributed by atoms with Crippen molar-refractivity contribution in [1.29, 1.82) is 0 Å². The fourth-order valence-electron chi connectivity index (χ4n) is 1.48. The van der Waals surface area contributed by atoms with Crippen molar-refractivity contribution in [3.63, 3.8) is 0 Å². The molecule has 0 aromatic carbocycles. The summed E-state index contributed by atoms with van der Waals surface area (Å²) in [6, 6.07) is 0.324. The molecule has 0 saturated carbocycles. The van der Waals surface area contributed by atoms with Crippen LogP contribution in [0.3, 0.4) is 0 Å². The number of sulfone groups is 1. The van der Waals surface area contributed by atoms with Crippen molar-refractivity contribution < 1.29 is 26.7 Å². The summed E-state index contributed by atoms with van der Waals surface area (Å²) in [5.41, 5.74) is 0. The second-order valence-corrected chi connectivity index (χ2v) is 8.82. The molecular weight excluding hydrogens is 314 g/mol. The number of aromatic carboxylic acids is 1. The summed E-state index contributed by atoms with van der Waals surface area (Å²) in [6.07, 6.45) is 0.991. The van der Waals surface area contributed by atoms with E-state index in [9.17, 15) is 21.6 Å². The maximum atomic E-state index is 12.0. The van der Waals surface area contributed by atoms with Crippen LogP contribution < -0.4 is 4.72 Å². The number of carboxylic acids is 1. The fraction of sp³-hybridized carbons (Fsp3) is 0.444. The van der Waals surface area contributed by atoms with Crippen LogP contribution in [0.2, 0.25) is 0 Å². The average molecular weight is 327 g/mol. The van der Waals surface area contributed by atoms with Crippen LogP contribution in [-0.2, 0) is 19.9 Å². The second-order valence-electron chi connectivity index (χ2n) is 4.03. The number of thiophene rings is 1. The van der Waals surface area contributed by atoms with Crippen LogP contribution >= 0.6 is 11.3 Å². The van der Waals surface area contributed by atoms with Gasteiger partial charge in [-0.2, -0.15) is 0 Å². The maximum absolute atomic E-state index is 12.0. The van der Waals surface area contributed by atoms with E-state index < -0.39 is 31.9 Å². The summed E-state index contributed by atoms with van der Waals surface area (Å²) in [5, 5.41) is 10.2. The van der Waals surface area contributed by atoms with Gasteiger partial charge in [0.2, 0.25) is 10.0 Å². The molecule has 1 atom stereocenters. The first kappa shape index (κ1) is 16.1. The topological polar surface area (TPSA) is 118 Å². The van der Waals surface area contributed by atoms with Crippen LogP contribution in [0.15, 0.2) is 16.3 Å². The predicted molar refractivity (Wildman–Crippen MR) is 70.8 cm³/mol. The molecule has 0 bridgehead atoms. The predicted octanol–water partition coefficient (Wildman–Crippen LogP) is 0.158. The molecule has 1 aromatic rings. The molecule has 1 aromatic heterocycles. The number of sulfonamides is 1. The molecule has 0 spiro atoms. The third kappa shape index (κ3) is 4.56. The van der Waals surface area contributed by atoms with Gasteiger partial charge in [0.05, 0.1) is 5.75 Å². The van der Waals surface area contributed by atoms with Crippen molar-refractivity contribution in [2.75, 3.05) is 12.0 Å². The van der Waals surface area contributed by atoms with E-state index in [4.69, 9.17) is 5.11 Å². The molecule has 0 aliphatic rings. The van der Waals surface area contributed by atoms with Gasteiger partial charge < -0.3 is 5.11 Å². The minimum absolute atomic E-state index is 0.306. The molecule has 1 unspecified atom stereocenters. The monoisotopic (exact) mass is 327 g/mol. The third-order valence-corrected chi connectivity index (χ3v) is 5.79. The number of carboxylic acid groups (broad SMARTS) is 1. The van der Waals surface area contributed by atoms with Gasteiger partial charge in [-0.15, -0.1) is 11.3 Å². The number of hydrogen-bond acceptors (Lipinski definition) is 6. The third-order valence-electron chi connectivity index (χ3n) is 2.02. The average Bonchev–Trinajstić information content (AvgIpc) is 2.60. The molecule has 10 heteroatoms. The van der Waals surface area contributed by atoms with Gasteiger partial charge >= 0.3 is 5.97 Å². The maximum Gasteiger partial charge on any atom is 0.347 e. The molecule has 0 amide bonds. The Balaban J connectivity index is 2.99. The highest BCUT2D eigenvalue weighted by Crippen LogP contribution is 2.22. The minimum atomic E-state index is -4.05. The largest absolute Gasteiger partial charge is 0.477 e. The van der Waals surface area contributed by atoms with Crippen molar-refractivity contribution in [2.45, 2.75) is 17.9 Å². The minimum Gasteiger partial charge on any atom is -0.477 e. The molecule has 2 N–H and O–H groups in total. The lowest BCUT2D eigenvalue weighted by molar-refractivity contribution is 0.0698. The number of nitrogens with one attached hydrogen (secondary N) is 1. The summed E-state index contributed by atoms with van der Waals surface area (Å²) in [4.78, 5) is 10.2. The van der Waals surface area contributed by atoms with Gasteiger partial charge in [-0.25, -0.2) is 26.4 Å². The number of hydrogen-bond donors (Lipinski definition) is 2. The Morgan fingerprint density at radius 1 is 1.42 bits per heavy atom. The first-order chi connectivity index (χ1) is 8.53. The van der Waals surface area contributed by atoms with Gasteiger partial charge in [-0.1, -0.05) is 0 Å². The van der Waals surface area contributed by atoms with E-state index in [0.29, 0.717) is 0 Å². The smallest absolute Gasteiger partial charge is 0.347 e. The van der Waals surface area contributed by atoms with Crippen LogP contribution in [0, 0.1) is 0 Å². The van der Waals surface area contributed by atoms with Crippen LogP contribution in [0.4, 0.5) is 0 Å². The molecule has 0 saturated heterocycles. The summed E-state index contributed by atoms with van der Waals surface area (Å²) < 4.78 is 48.2. The highest BCUT2D eigenvalue weighted by molar-refractivity contribution is 7.91. The standard InChI is InChI=1S/C9H13NO6S3/c1-6(5-18(2,13)14)10-19(15,16)7-3-4-17-8(7)9(11)12/h3-4,6,10H,5H2,1-2H3,(H,11,12). The lowest BCUT2D eigenvalue weighted by Crippen LogP contribution is -2.37. The van der Waals surface area contributed by atoms with E-state index in [1.54, 1.807) is 0 Å². The van der Waals surface area contributed by atoms with Crippen LogP contribution in [0.5, 0.6) is 0 Å². The van der Waals surface area contributed by atoms with Crippen molar-refractivity contribution in [3.05, 3.63) is 16.3 Å². The lowest BCUT2D eigenvalue weighted by Gasteiger charge is -2.12. The van der Waals surface area contributed by atoms with Crippen LogP contribution in [0.25, 0.3) is 0 Å². The quantitative estimate of drug-likeness (QED) is 0.768. The van der Waals surface area contributed by atoms with Gasteiger partial charge in [-0.3, -0.25) is 0 Å². The van der Waals surface area contributed by atoms with Gasteiger partial charge in [0.25, 0.3) is 0 Å². The molecule has 0 fully saturated rings. The van der Waals surface area contributed by atoms with E-state index in [1.165, 1.54) is 18.4 Å². The van der Waals surface area contributed by atoms with Gasteiger partial charge in [0.1, 0.15) is 19.6 Å². The molecule has 1 rings (SSSR count). The molecule has 0 aliphatic carbocycles. The summed E-state index contributed by atoms with van der Waals surface area (Å²) in [7, 11) is -7.38. The summed E-state index contributed by atoms with van der Waals surface area (Å²) >= 11 is 0.788. The van der Waals surface area contributed by atoms with Gasteiger partial charge in [0.15, 0.2) is 0 Å². The zero-order valence-corrected chi connectivity index (χ0v) is 12.6. The van der Waals surface area contributed by atoms with Crippen molar-refractivity contribution >= 4 is 37.2 Å². The molecule has 1 heterocycles. The molecule has 7 nitrogen and oxygen atoms in total. The van der Waals surface area contributed by atoms with E-state index >= 15 is 0 Å². The molecule has 0 aliphatic heterocycles. The lowest BCUT2D eigenvalue weighted by atomic mass is 10.4. The normalized spacial score (nSPS) is 14.2. The van der Waals surface area contributed by atoms with Crippen LogP contribution in [0.1, 0.15) is 16.6 Å². The van der Waals surface area contributed by atoms with Gasteiger partial charge in [-0.05, 0) is 18.4 Å². The highest BCUT2D eigenvalue weighted by atomic mass is 32.2. The Morgan fingerprint density at radius 3 is 2.47 bits per heavy atom. The SMILES string of the molecule is CC(CS(C)(=O)=O)NS(=O)(=O)c1ccsc1C(=O)O. The molecule has 108 valence electrons. The Labute approximate surface area is 115 Å². The Morgan fingerprint density at radius 2 is 2.00 bits per heavy atom. The number of carbonyl (C=O) groups is 1. The van der Waals surface area contributed by atoms with E-state index in [0.717, 1.165) is 17.6 Å². The van der Waals surface area contributed by atoms with E-state index in [2.05, 4.69) is 4.72 Å².